The van der Waals surface area contributed by atoms with Gasteiger partial charge in [-0.3, -0.25) is 0 Å². The Hall–Kier alpha value is -1.36. The Labute approximate surface area is 96.1 Å². The van der Waals surface area contributed by atoms with Gasteiger partial charge in [-0.05, 0) is 19.3 Å². The van der Waals surface area contributed by atoms with Crippen molar-refractivity contribution < 1.29 is 5.11 Å². The van der Waals surface area contributed by atoms with E-state index in [1.54, 1.807) is 6.20 Å². The predicted molar refractivity (Wildman–Crippen MR) is 65.2 cm³/mol. The van der Waals surface area contributed by atoms with Crippen molar-refractivity contribution in [2.24, 2.45) is 0 Å². The number of rotatable bonds is 7. The van der Waals surface area contributed by atoms with Gasteiger partial charge in [0.15, 0.2) is 0 Å². The van der Waals surface area contributed by atoms with Gasteiger partial charge in [0.05, 0.1) is 0 Å². The van der Waals surface area contributed by atoms with Crippen LogP contribution in [-0.2, 0) is 6.42 Å². The maximum absolute atomic E-state index is 8.80. The van der Waals surface area contributed by atoms with E-state index in [0.717, 1.165) is 43.6 Å². The molecule has 0 aliphatic rings. The van der Waals surface area contributed by atoms with Gasteiger partial charge in [0.2, 0.25) is 5.95 Å². The van der Waals surface area contributed by atoms with Gasteiger partial charge in [-0.15, -0.1) is 0 Å². The number of aliphatic hydroxyl groups is 1. The fourth-order valence-corrected chi connectivity index (χ4v) is 1.41. The summed E-state index contributed by atoms with van der Waals surface area (Å²) in [4.78, 5) is 8.14. The summed E-state index contributed by atoms with van der Waals surface area (Å²) in [5.41, 5.74) is 6.56. The number of unbranched alkanes of at least 4 members (excludes halogenated alkanes) is 1. The highest BCUT2D eigenvalue weighted by Gasteiger charge is 2.04. The number of nitrogens with two attached hydrogens (primary N) is 1. The largest absolute Gasteiger partial charge is 0.396 e. The number of hydrogen-bond donors (Lipinski definition) is 3. The van der Waals surface area contributed by atoms with E-state index in [1.165, 1.54) is 0 Å². The number of aromatic nitrogens is 2. The molecule has 16 heavy (non-hydrogen) atoms. The van der Waals surface area contributed by atoms with Crippen LogP contribution in [0, 0.1) is 0 Å². The fraction of sp³-hybridized carbons (Fsp3) is 0.636. The van der Waals surface area contributed by atoms with Crippen LogP contribution < -0.4 is 11.1 Å². The summed E-state index contributed by atoms with van der Waals surface area (Å²) in [6.07, 6.45) is 5.45. The Morgan fingerprint density at radius 1 is 1.44 bits per heavy atom. The molecule has 0 radical (unpaired) electrons. The number of nitrogen functional groups attached to an aromatic ring is 1. The molecule has 0 fully saturated rings. The topological polar surface area (TPSA) is 84.1 Å². The average molecular weight is 224 g/mol. The van der Waals surface area contributed by atoms with Crippen LogP contribution in [-0.4, -0.2) is 28.2 Å². The lowest BCUT2D eigenvalue weighted by molar-refractivity contribution is 0.288. The third-order valence-corrected chi connectivity index (χ3v) is 2.31. The van der Waals surface area contributed by atoms with Crippen molar-refractivity contribution in [2.45, 2.75) is 32.6 Å². The quantitative estimate of drug-likeness (QED) is 0.606. The van der Waals surface area contributed by atoms with E-state index in [-0.39, 0.29) is 12.6 Å². The monoisotopic (exact) mass is 224 g/mol. The van der Waals surface area contributed by atoms with Crippen molar-refractivity contribution in [3.05, 3.63) is 11.8 Å². The lowest BCUT2D eigenvalue weighted by atomic mass is 10.2. The molecule has 0 amide bonds. The van der Waals surface area contributed by atoms with Crippen LogP contribution in [0.2, 0.25) is 0 Å². The first kappa shape index (κ1) is 12.7. The maximum atomic E-state index is 8.80. The zero-order chi connectivity index (χ0) is 11.8. The van der Waals surface area contributed by atoms with Crippen molar-refractivity contribution in [1.29, 1.82) is 0 Å². The van der Waals surface area contributed by atoms with Crippen LogP contribution in [0.5, 0.6) is 0 Å². The molecule has 1 aromatic rings. The highest BCUT2D eigenvalue weighted by molar-refractivity contribution is 5.46. The highest BCUT2D eigenvalue weighted by Crippen LogP contribution is 2.14. The van der Waals surface area contributed by atoms with Crippen LogP contribution in [0.15, 0.2) is 6.20 Å². The van der Waals surface area contributed by atoms with Gasteiger partial charge in [-0.25, -0.2) is 4.98 Å². The van der Waals surface area contributed by atoms with Crippen LogP contribution >= 0.6 is 0 Å². The van der Waals surface area contributed by atoms with E-state index in [9.17, 15) is 0 Å². The molecule has 1 rings (SSSR count). The van der Waals surface area contributed by atoms with Gasteiger partial charge in [0, 0.05) is 24.9 Å². The van der Waals surface area contributed by atoms with E-state index in [1.807, 2.05) is 0 Å². The summed E-state index contributed by atoms with van der Waals surface area (Å²) in [5.74, 6) is 1.08. The number of nitrogens with one attached hydrogen (secondary N) is 1. The lowest BCUT2D eigenvalue weighted by Crippen LogP contribution is -2.09. The highest BCUT2D eigenvalue weighted by atomic mass is 16.2. The standard InChI is InChI=1S/C11H20N4O/c1-2-3-6-13-10-9(5-4-7-16)8-14-11(12)15-10/h8,16H,2-7H2,1H3,(H3,12,13,14,15). The molecule has 90 valence electrons. The smallest absolute Gasteiger partial charge is 0.221 e. The van der Waals surface area contributed by atoms with E-state index >= 15 is 0 Å². The second-order valence-electron chi connectivity index (χ2n) is 3.71. The van der Waals surface area contributed by atoms with Crippen molar-refractivity contribution in [1.82, 2.24) is 9.97 Å². The molecule has 0 saturated carbocycles. The van der Waals surface area contributed by atoms with Crippen molar-refractivity contribution in [2.75, 3.05) is 24.2 Å². The molecular formula is C11H20N4O. The first-order chi connectivity index (χ1) is 7.77. The second-order valence-corrected chi connectivity index (χ2v) is 3.71. The van der Waals surface area contributed by atoms with Gasteiger partial charge >= 0.3 is 0 Å². The molecule has 5 nitrogen and oxygen atoms in total. The molecule has 0 aliphatic carbocycles. The van der Waals surface area contributed by atoms with E-state index < -0.39 is 0 Å². The molecule has 0 unspecified atom stereocenters. The van der Waals surface area contributed by atoms with Crippen LogP contribution in [0.1, 0.15) is 31.7 Å². The van der Waals surface area contributed by atoms with Crippen LogP contribution in [0.4, 0.5) is 11.8 Å². The average Bonchev–Trinajstić information content (AvgIpc) is 2.28. The third kappa shape index (κ3) is 4.02. The minimum Gasteiger partial charge on any atom is -0.396 e. The van der Waals surface area contributed by atoms with E-state index in [2.05, 4.69) is 22.2 Å². The van der Waals surface area contributed by atoms with Crippen LogP contribution in [0.25, 0.3) is 0 Å². The van der Waals surface area contributed by atoms with Crippen LogP contribution in [0.3, 0.4) is 0 Å². The SMILES string of the molecule is CCCCNc1nc(N)ncc1CCCO. The Bertz CT molecular complexity index is 317. The zero-order valence-corrected chi connectivity index (χ0v) is 9.74. The first-order valence-electron chi connectivity index (χ1n) is 5.74. The molecular weight excluding hydrogens is 204 g/mol. The summed E-state index contributed by atoms with van der Waals surface area (Å²) >= 11 is 0. The molecule has 0 aliphatic heterocycles. The Morgan fingerprint density at radius 2 is 2.25 bits per heavy atom. The molecule has 1 heterocycles. The number of hydrogen-bond acceptors (Lipinski definition) is 5. The predicted octanol–water partition coefficient (Wildman–Crippen LogP) is 1.20. The Kier molecular flexibility index (Phi) is 5.56. The van der Waals surface area contributed by atoms with Gasteiger partial charge in [-0.1, -0.05) is 13.3 Å². The molecule has 4 N–H and O–H groups in total. The van der Waals surface area contributed by atoms with Crippen molar-refractivity contribution in [3.63, 3.8) is 0 Å². The molecule has 5 heteroatoms. The van der Waals surface area contributed by atoms with E-state index in [4.69, 9.17) is 10.8 Å². The molecule has 0 spiro atoms. The summed E-state index contributed by atoms with van der Waals surface area (Å²) in [6.45, 7) is 3.21. The molecule has 0 bridgehead atoms. The Balaban J connectivity index is 2.65. The zero-order valence-electron chi connectivity index (χ0n) is 9.74. The summed E-state index contributed by atoms with van der Waals surface area (Å²) in [5, 5.41) is 12.1. The lowest BCUT2D eigenvalue weighted by Gasteiger charge is -2.10. The minimum absolute atomic E-state index is 0.179. The minimum atomic E-state index is 0.179. The fourth-order valence-electron chi connectivity index (χ4n) is 1.41. The third-order valence-electron chi connectivity index (χ3n) is 2.31. The molecule has 0 aromatic carbocycles. The normalized spacial score (nSPS) is 10.4. The number of aliphatic hydroxyl groups excluding tert-OH is 1. The number of aryl methyl sites for hydroxylation is 1. The first-order valence-corrected chi connectivity index (χ1v) is 5.74. The molecule has 0 atom stereocenters. The van der Waals surface area contributed by atoms with Gasteiger partial charge < -0.3 is 16.2 Å². The van der Waals surface area contributed by atoms with Gasteiger partial charge in [0.1, 0.15) is 5.82 Å². The van der Waals surface area contributed by atoms with Gasteiger partial charge in [-0.2, -0.15) is 4.98 Å². The molecule has 0 saturated heterocycles. The van der Waals surface area contributed by atoms with Crippen molar-refractivity contribution >= 4 is 11.8 Å². The van der Waals surface area contributed by atoms with Gasteiger partial charge in [0.25, 0.3) is 0 Å². The second kappa shape index (κ2) is 7.00. The summed E-state index contributed by atoms with van der Waals surface area (Å²) < 4.78 is 0. The molecule has 1 aromatic heterocycles. The summed E-state index contributed by atoms with van der Waals surface area (Å²) in [6, 6.07) is 0. The van der Waals surface area contributed by atoms with E-state index in [0.29, 0.717) is 0 Å². The number of nitrogens with zero attached hydrogens (tertiary/aromatic N) is 2. The van der Waals surface area contributed by atoms with Crippen molar-refractivity contribution in [3.8, 4) is 0 Å². The maximum Gasteiger partial charge on any atom is 0.221 e. The Morgan fingerprint density at radius 3 is 2.94 bits per heavy atom. The summed E-state index contributed by atoms with van der Waals surface area (Å²) in [7, 11) is 0. The number of anilines is 2.